The first-order valence-corrected chi connectivity index (χ1v) is 13.6. The Morgan fingerprint density at radius 2 is 1.76 bits per heavy atom. The fourth-order valence-electron chi connectivity index (χ4n) is 5.60. The van der Waals surface area contributed by atoms with Crippen molar-refractivity contribution in [2.75, 3.05) is 36.4 Å². The number of likely N-dealkylation sites (tertiary alicyclic amines) is 1. The van der Waals surface area contributed by atoms with E-state index in [0.717, 1.165) is 80.3 Å². The van der Waals surface area contributed by atoms with Crippen LogP contribution < -0.4 is 10.2 Å². The van der Waals surface area contributed by atoms with E-state index in [2.05, 4.69) is 32.5 Å². The second kappa shape index (κ2) is 9.19. The largest absolute Gasteiger partial charge is 0.444 e. The summed E-state index contributed by atoms with van der Waals surface area (Å²) in [4.78, 5) is 26.6. The summed E-state index contributed by atoms with van der Waals surface area (Å²) < 4.78 is 5.58. The molecule has 2 N–H and O–H groups in total. The Morgan fingerprint density at radius 1 is 1.05 bits per heavy atom. The number of amides is 1. The molecule has 9 nitrogen and oxygen atoms in total. The summed E-state index contributed by atoms with van der Waals surface area (Å²) in [6.07, 6.45) is 6.49. The fourth-order valence-corrected chi connectivity index (χ4v) is 5.60. The molecule has 9 heteroatoms. The smallest absolute Gasteiger partial charge is 0.410 e. The highest BCUT2D eigenvalue weighted by Gasteiger charge is 2.40. The molecule has 0 bridgehead atoms. The van der Waals surface area contributed by atoms with Gasteiger partial charge in [-0.15, -0.1) is 0 Å². The summed E-state index contributed by atoms with van der Waals surface area (Å²) >= 11 is 0. The van der Waals surface area contributed by atoms with Crippen LogP contribution >= 0.6 is 0 Å². The molecular weight excluding hydrogens is 466 g/mol. The Bertz CT molecular complexity index is 1280. The highest BCUT2D eigenvalue weighted by Crippen LogP contribution is 2.43. The van der Waals surface area contributed by atoms with Crippen LogP contribution in [0.3, 0.4) is 0 Å². The van der Waals surface area contributed by atoms with Crippen molar-refractivity contribution in [2.45, 2.75) is 70.8 Å². The Labute approximate surface area is 218 Å². The lowest BCUT2D eigenvalue weighted by atomic mass is 9.71. The second-order valence-electron chi connectivity index (χ2n) is 12.0. The number of nitrogens with zero attached hydrogens (tertiary/aromatic N) is 5. The monoisotopic (exact) mass is 503 g/mol. The zero-order chi connectivity index (χ0) is 25.6. The molecule has 0 atom stereocenters. The number of hydrogen-bond donors (Lipinski definition) is 2. The summed E-state index contributed by atoms with van der Waals surface area (Å²) in [7, 11) is 0. The molecule has 0 unspecified atom stereocenters. The van der Waals surface area contributed by atoms with Gasteiger partial charge in [-0.2, -0.15) is 10.1 Å². The number of carbonyl (C=O) groups is 1. The fraction of sp³-hybridized carbons (Fsp3) is 0.571. The van der Waals surface area contributed by atoms with Gasteiger partial charge in [0.15, 0.2) is 5.82 Å². The van der Waals surface area contributed by atoms with Gasteiger partial charge in [-0.25, -0.2) is 9.78 Å². The van der Waals surface area contributed by atoms with E-state index < -0.39 is 5.60 Å². The number of carbonyl (C=O) groups excluding carboxylic acids is 1. The molecule has 2 saturated heterocycles. The predicted octanol–water partition coefficient (Wildman–Crippen LogP) is 5.59. The average Bonchev–Trinajstić information content (AvgIpc) is 3.62. The second-order valence-corrected chi connectivity index (χ2v) is 12.0. The lowest BCUT2D eigenvalue weighted by Crippen LogP contribution is -2.49. The van der Waals surface area contributed by atoms with Crippen LogP contribution in [0.25, 0.3) is 10.9 Å². The van der Waals surface area contributed by atoms with Crippen LogP contribution in [0.2, 0.25) is 0 Å². The first kappa shape index (κ1) is 24.0. The average molecular weight is 504 g/mol. The summed E-state index contributed by atoms with van der Waals surface area (Å²) in [5, 5.41) is 12.1. The van der Waals surface area contributed by atoms with E-state index in [1.54, 1.807) is 0 Å². The van der Waals surface area contributed by atoms with Crippen molar-refractivity contribution in [1.82, 2.24) is 25.1 Å². The van der Waals surface area contributed by atoms with Gasteiger partial charge in [0.1, 0.15) is 11.4 Å². The van der Waals surface area contributed by atoms with Gasteiger partial charge >= 0.3 is 6.09 Å². The minimum atomic E-state index is -0.457. The summed E-state index contributed by atoms with van der Waals surface area (Å²) in [5.74, 6) is 2.98. The molecule has 2 aromatic heterocycles. The van der Waals surface area contributed by atoms with Gasteiger partial charge in [-0.1, -0.05) is 12.1 Å². The van der Waals surface area contributed by atoms with Gasteiger partial charge in [0.05, 0.1) is 5.52 Å². The normalized spacial score (nSPS) is 19.9. The maximum atomic E-state index is 12.5. The Hall–Kier alpha value is -3.36. The van der Waals surface area contributed by atoms with Crippen molar-refractivity contribution in [1.29, 1.82) is 0 Å². The van der Waals surface area contributed by atoms with Gasteiger partial charge < -0.3 is 19.9 Å². The molecule has 1 amide bonds. The maximum Gasteiger partial charge on any atom is 0.410 e. The van der Waals surface area contributed by atoms with Gasteiger partial charge in [-0.3, -0.25) is 5.10 Å². The van der Waals surface area contributed by atoms with Gasteiger partial charge in [0.25, 0.3) is 0 Å². The lowest BCUT2D eigenvalue weighted by Gasteiger charge is -2.46. The first-order chi connectivity index (χ1) is 17.8. The van der Waals surface area contributed by atoms with Crippen LogP contribution in [-0.2, 0) is 4.74 Å². The molecule has 37 heavy (non-hydrogen) atoms. The van der Waals surface area contributed by atoms with E-state index in [0.29, 0.717) is 5.92 Å². The third-order valence-corrected chi connectivity index (χ3v) is 8.04. The van der Waals surface area contributed by atoms with Gasteiger partial charge in [-0.05, 0) is 76.8 Å². The number of anilines is 3. The van der Waals surface area contributed by atoms with Crippen molar-refractivity contribution < 1.29 is 9.53 Å². The predicted molar refractivity (Wildman–Crippen MR) is 144 cm³/mol. The number of rotatable bonds is 4. The van der Waals surface area contributed by atoms with E-state index in [1.807, 2.05) is 43.9 Å². The van der Waals surface area contributed by atoms with E-state index >= 15 is 0 Å². The molecule has 3 fully saturated rings. The molecule has 6 rings (SSSR count). The van der Waals surface area contributed by atoms with E-state index in [-0.39, 0.29) is 11.5 Å². The minimum absolute atomic E-state index is 0.189. The number of ether oxygens (including phenoxy) is 1. The number of H-pyrrole nitrogens is 1. The molecular formula is C28H37N7O2. The SMILES string of the molecule is CC(C)(C)OC(=O)N1CCC2(CC1)CCN(c1nc(Nc3cc(C4CC4)[nH]n3)c3ccccc3n1)CC2. The van der Waals surface area contributed by atoms with Crippen molar-refractivity contribution in [2.24, 2.45) is 5.41 Å². The van der Waals surface area contributed by atoms with Crippen molar-refractivity contribution in [3.05, 3.63) is 36.0 Å². The number of benzene rings is 1. The van der Waals surface area contributed by atoms with Crippen molar-refractivity contribution in [3.63, 3.8) is 0 Å². The number of hydrogen-bond acceptors (Lipinski definition) is 7. The highest BCUT2D eigenvalue weighted by molar-refractivity contribution is 5.91. The van der Waals surface area contributed by atoms with Crippen LogP contribution in [0.15, 0.2) is 30.3 Å². The minimum Gasteiger partial charge on any atom is -0.444 e. The molecule has 1 aromatic carbocycles. The molecule has 3 aromatic rings. The summed E-state index contributed by atoms with van der Waals surface area (Å²) in [5.41, 5.74) is 1.95. The maximum absolute atomic E-state index is 12.5. The van der Waals surface area contributed by atoms with Crippen LogP contribution in [-0.4, -0.2) is 62.9 Å². The Kier molecular flexibility index (Phi) is 5.96. The highest BCUT2D eigenvalue weighted by atomic mass is 16.6. The molecule has 1 aliphatic carbocycles. The molecule has 196 valence electrons. The molecule has 3 aliphatic rings. The number of aromatic nitrogens is 4. The Balaban J connectivity index is 1.14. The standard InChI is InChI=1S/C28H37N7O2/c1-27(2,3)37-26(36)35-16-12-28(13-17-35)10-14-34(15-11-28)25-29-21-7-5-4-6-20(21)24(31-25)30-23-18-22(32-33-23)19-8-9-19/h4-7,18-19H,8-17H2,1-3H3,(H2,29,30,31,32,33). The van der Waals surface area contributed by atoms with Gasteiger partial charge in [0, 0.05) is 49.2 Å². The number of piperidine rings is 2. The molecule has 0 radical (unpaired) electrons. The first-order valence-electron chi connectivity index (χ1n) is 13.6. The molecule has 2 aliphatic heterocycles. The van der Waals surface area contributed by atoms with Gasteiger partial charge in [0.2, 0.25) is 5.95 Å². The van der Waals surface area contributed by atoms with E-state index in [1.165, 1.54) is 18.5 Å². The lowest BCUT2D eigenvalue weighted by molar-refractivity contribution is 0.00663. The van der Waals surface area contributed by atoms with E-state index in [9.17, 15) is 4.79 Å². The summed E-state index contributed by atoms with van der Waals surface area (Å²) in [6.45, 7) is 9.12. The molecule has 1 spiro atoms. The quantitative estimate of drug-likeness (QED) is 0.479. The zero-order valence-electron chi connectivity index (χ0n) is 22.1. The van der Waals surface area contributed by atoms with E-state index in [4.69, 9.17) is 14.7 Å². The van der Waals surface area contributed by atoms with Crippen molar-refractivity contribution >= 4 is 34.6 Å². The number of nitrogens with one attached hydrogen (secondary N) is 2. The third kappa shape index (κ3) is 5.22. The number of fused-ring (bicyclic) bond motifs is 1. The third-order valence-electron chi connectivity index (χ3n) is 8.04. The van der Waals surface area contributed by atoms with Crippen LogP contribution in [0, 0.1) is 5.41 Å². The molecule has 1 saturated carbocycles. The van der Waals surface area contributed by atoms with Crippen molar-refractivity contribution in [3.8, 4) is 0 Å². The topological polar surface area (TPSA) is 99.3 Å². The summed E-state index contributed by atoms with van der Waals surface area (Å²) in [6, 6.07) is 10.2. The molecule has 4 heterocycles. The number of aromatic amines is 1. The van der Waals surface area contributed by atoms with Crippen LogP contribution in [0.4, 0.5) is 22.4 Å². The van der Waals surface area contributed by atoms with Crippen LogP contribution in [0.5, 0.6) is 0 Å². The zero-order valence-corrected chi connectivity index (χ0v) is 22.1. The number of para-hydroxylation sites is 1. The Morgan fingerprint density at radius 3 is 2.46 bits per heavy atom. The van der Waals surface area contributed by atoms with Crippen LogP contribution in [0.1, 0.15) is 70.9 Å².